The lowest BCUT2D eigenvalue weighted by Gasteiger charge is -2.19. The van der Waals surface area contributed by atoms with E-state index >= 15 is 0 Å². The lowest BCUT2D eigenvalue weighted by Crippen LogP contribution is -2.22. The third kappa shape index (κ3) is 4.11. The van der Waals surface area contributed by atoms with Crippen LogP contribution in [0.15, 0.2) is 42.6 Å². The molecule has 26 heavy (non-hydrogen) atoms. The van der Waals surface area contributed by atoms with Crippen molar-refractivity contribution in [3.8, 4) is 17.1 Å². The molecule has 7 heteroatoms. The van der Waals surface area contributed by atoms with Crippen molar-refractivity contribution in [2.45, 2.75) is 13.3 Å². The van der Waals surface area contributed by atoms with Crippen molar-refractivity contribution in [3.05, 3.63) is 48.2 Å². The molecule has 1 aromatic carbocycles. The van der Waals surface area contributed by atoms with Crippen LogP contribution in [0.2, 0.25) is 0 Å². The number of ether oxygens (including phenoxy) is 1. The van der Waals surface area contributed by atoms with Crippen molar-refractivity contribution >= 4 is 11.8 Å². The number of rotatable bonds is 7. The molecule has 0 aliphatic rings. The summed E-state index contributed by atoms with van der Waals surface area (Å²) in [5, 5.41) is 4.18. The van der Waals surface area contributed by atoms with Crippen LogP contribution in [0.25, 0.3) is 11.4 Å². The third-order valence-corrected chi connectivity index (χ3v) is 4.19. The molecule has 136 valence electrons. The molecule has 0 bridgehead atoms. The van der Waals surface area contributed by atoms with Gasteiger partial charge >= 0.3 is 0 Å². The highest BCUT2D eigenvalue weighted by Crippen LogP contribution is 2.22. The van der Waals surface area contributed by atoms with Crippen LogP contribution in [0, 0.1) is 6.92 Å². The fraction of sp³-hybridized carbons (Fsp3) is 0.316. The second kappa shape index (κ2) is 7.86. The summed E-state index contributed by atoms with van der Waals surface area (Å²) in [6.45, 7) is 3.49. The molecule has 0 fully saturated rings. The van der Waals surface area contributed by atoms with Crippen LogP contribution >= 0.6 is 0 Å². The molecule has 0 aliphatic carbocycles. The van der Waals surface area contributed by atoms with E-state index < -0.39 is 0 Å². The zero-order chi connectivity index (χ0) is 18.5. The van der Waals surface area contributed by atoms with Crippen LogP contribution < -0.4 is 15.4 Å². The number of benzene rings is 1. The van der Waals surface area contributed by atoms with Gasteiger partial charge in [-0.25, -0.2) is 4.98 Å². The summed E-state index contributed by atoms with van der Waals surface area (Å²) in [5.41, 5.74) is 8.70. The Balaban J connectivity index is 1.61. The maximum atomic E-state index is 5.90. The molecule has 2 aromatic heterocycles. The molecule has 0 aliphatic heterocycles. The maximum Gasteiger partial charge on any atom is 0.222 e. The van der Waals surface area contributed by atoms with E-state index in [1.54, 1.807) is 10.9 Å². The molecule has 0 radical (unpaired) electrons. The second-order valence-corrected chi connectivity index (χ2v) is 6.20. The van der Waals surface area contributed by atoms with Gasteiger partial charge in [0.05, 0.1) is 18.0 Å². The van der Waals surface area contributed by atoms with E-state index in [2.05, 4.69) is 20.0 Å². The summed E-state index contributed by atoms with van der Waals surface area (Å²) in [5.74, 6) is 1.96. The minimum absolute atomic E-state index is 0.252. The van der Waals surface area contributed by atoms with Gasteiger partial charge in [0.15, 0.2) is 0 Å². The van der Waals surface area contributed by atoms with Crippen LogP contribution in [-0.4, -0.2) is 39.9 Å². The number of hydrogen-bond donors (Lipinski definition) is 1. The Labute approximate surface area is 153 Å². The quantitative estimate of drug-likeness (QED) is 0.658. The lowest BCUT2D eigenvalue weighted by molar-refractivity contribution is 0.310. The van der Waals surface area contributed by atoms with Crippen molar-refractivity contribution in [1.29, 1.82) is 0 Å². The topological polar surface area (TPSA) is 82.1 Å². The highest BCUT2D eigenvalue weighted by Gasteiger charge is 2.11. The molecular weight excluding hydrogens is 328 g/mol. The van der Waals surface area contributed by atoms with Crippen LogP contribution in [0.1, 0.15) is 12.0 Å². The fourth-order valence-electron chi connectivity index (χ4n) is 2.72. The summed E-state index contributed by atoms with van der Waals surface area (Å²) < 4.78 is 7.61. The Morgan fingerprint density at radius 2 is 2.00 bits per heavy atom. The van der Waals surface area contributed by atoms with Gasteiger partial charge < -0.3 is 15.4 Å². The molecule has 0 saturated carbocycles. The number of aryl methyl sites for hydroxylation is 2. The van der Waals surface area contributed by atoms with Crippen molar-refractivity contribution in [1.82, 2.24) is 19.7 Å². The van der Waals surface area contributed by atoms with Crippen molar-refractivity contribution in [2.75, 3.05) is 30.8 Å². The molecule has 0 atom stereocenters. The van der Waals surface area contributed by atoms with Gasteiger partial charge in [-0.05, 0) is 31.0 Å². The first-order chi connectivity index (χ1) is 12.5. The van der Waals surface area contributed by atoms with Gasteiger partial charge in [0.2, 0.25) is 5.95 Å². The Hall–Kier alpha value is -3.09. The number of para-hydroxylation sites is 1. The number of aromatic nitrogens is 4. The molecule has 7 nitrogen and oxygen atoms in total. The maximum absolute atomic E-state index is 5.90. The van der Waals surface area contributed by atoms with E-state index in [9.17, 15) is 0 Å². The zero-order valence-corrected chi connectivity index (χ0v) is 15.4. The standard InChI is InChI=1S/C19H24N6O/c1-14-7-4-5-8-17(14)26-12-6-11-24(2)18-13-15(22-19(20)23-18)16-9-10-21-25(16)3/h4-5,7-10,13H,6,11-12H2,1-3H3,(H2,20,22,23). The molecular formula is C19H24N6O. The minimum Gasteiger partial charge on any atom is -0.493 e. The van der Waals surface area contributed by atoms with Crippen molar-refractivity contribution < 1.29 is 4.74 Å². The molecule has 2 N–H and O–H groups in total. The normalized spacial score (nSPS) is 10.7. The first-order valence-electron chi connectivity index (χ1n) is 8.57. The van der Waals surface area contributed by atoms with Crippen molar-refractivity contribution in [3.63, 3.8) is 0 Å². The molecule has 2 heterocycles. The van der Waals surface area contributed by atoms with Gasteiger partial charge in [-0.1, -0.05) is 18.2 Å². The molecule has 0 saturated heterocycles. The molecule has 0 spiro atoms. The van der Waals surface area contributed by atoms with Crippen molar-refractivity contribution in [2.24, 2.45) is 7.05 Å². The van der Waals surface area contributed by atoms with E-state index in [1.807, 2.05) is 57.4 Å². The number of nitrogens with two attached hydrogens (primary N) is 1. The SMILES string of the molecule is Cc1ccccc1OCCCN(C)c1cc(-c2ccnn2C)nc(N)n1. The Morgan fingerprint density at radius 1 is 1.19 bits per heavy atom. The first kappa shape index (κ1) is 17.7. The average Bonchev–Trinajstić information content (AvgIpc) is 3.05. The first-order valence-corrected chi connectivity index (χ1v) is 8.57. The van der Waals surface area contributed by atoms with Crippen LogP contribution in [-0.2, 0) is 7.05 Å². The van der Waals surface area contributed by atoms with Gasteiger partial charge in [0.25, 0.3) is 0 Å². The second-order valence-electron chi connectivity index (χ2n) is 6.20. The van der Waals surface area contributed by atoms with Crippen LogP contribution in [0.3, 0.4) is 0 Å². The van der Waals surface area contributed by atoms with Gasteiger partial charge in [-0.15, -0.1) is 0 Å². The zero-order valence-electron chi connectivity index (χ0n) is 15.4. The Kier molecular flexibility index (Phi) is 5.36. The van der Waals surface area contributed by atoms with Gasteiger partial charge in [-0.2, -0.15) is 10.1 Å². The molecule has 0 amide bonds. The predicted octanol–water partition coefficient (Wildman–Crippen LogP) is 2.67. The Bertz CT molecular complexity index is 876. The summed E-state index contributed by atoms with van der Waals surface area (Å²) in [4.78, 5) is 10.7. The van der Waals surface area contributed by atoms with Crippen LogP contribution in [0.4, 0.5) is 11.8 Å². The average molecular weight is 352 g/mol. The number of anilines is 2. The number of nitrogen functional groups attached to an aromatic ring is 1. The van der Waals surface area contributed by atoms with E-state index in [0.717, 1.165) is 41.5 Å². The highest BCUT2D eigenvalue weighted by atomic mass is 16.5. The van der Waals surface area contributed by atoms with E-state index in [1.165, 1.54) is 0 Å². The molecule has 3 rings (SSSR count). The van der Waals surface area contributed by atoms with E-state index in [-0.39, 0.29) is 5.95 Å². The summed E-state index contributed by atoms with van der Waals surface area (Å²) in [6.07, 6.45) is 2.61. The van der Waals surface area contributed by atoms with E-state index in [0.29, 0.717) is 6.61 Å². The smallest absolute Gasteiger partial charge is 0.222 e. The minimum atomic E-state index is 0.252. The molecule has 3 aromatic rings. The monoisotopic (exact) mass is 352 g/mol. The Morgan fingerprint density at radius 3 is 2.73 bits per heavy atom. The largest absolute Gasteiger partial charge is 0.493 e. The summed E-state index contributed by atoms with van der Waals surface area (Å²) in [6, 6.07) is 11.9. The molecule has 0 unspecified atom stereocenters. The predicted molar refractivity (Wildman–Crippen MR) is 103 cm³/mol. The summed E-state index contributed by atoms with van der Waals surface area (Å²) in [7, 11) is 3.86. The van der Waals surface area contributed by atoms with Gasteiger partial charge in [0, 0.05) is 32.9 Å². The number of nitrogens with zero attached hydrogens (tertiary/aromatic N) is 5. The van der Waals surface area contributed by atoms with Gasteiger partial charge in [-0.3, -0.25) is 4.68 Å². The fourth-order valence-corrected chi connectivity index (χ4v) is 2.72. The summed E-state index contributed by atoms with van der Waals surface area (Å²) >= 11 is 0. The van der Waals surface area contributed by atoms with Gasteiger partial charge in [0.1, 0.15) is 11.6 Å². The number of hydrogen-bond acceptors (Lipinski definition) is 6. The lowest BCUT2D eigenvalue weighted by atomic mass is 10.2. The highest BCUT2D eigenvalue weighted by molar-refractivity contribution is 5.61. The van der Waals surface area contributed by atoms with E-state index in [4.69, 9.17) is 10.5 Å². The van der Waals surface area contributed by atoms with Crippen LogP contribution in [0.5, 0.6) is 5.75 Å². The third-order valence-electron chi connectivity index (χ3n) is 4.19.